The highest BCUT2D eigenvalue weighted by atomic mass is 32.1. The van der Waals surface area contributed by atoms with E-state index in [9.17, 15) is 36.7 Å². The Bertz CT molecular complexity index is 2430. The quantitative estimate of drug-likeness (QED) is 0.111. The van der Waals surface area contributed by atoms with E-state index in [-0.39, 0.29) is 22.3 Å². The smallest absolute Gasteiger partial charge is 0.237 e. The summed E-state index contributed by atoms with van der Waals surface area (Å²) in [6.07, 6.45) is 2.96. The average molecular weight is 634 g/mol. The van der Waals surface area contributed by atoms with Gasteiger partial charge in [0.1, 0.15) is 23.3 Å². The van der Waals surface area contributed by atoms with E-state index in [2.05, 4.69) is 0 Å². The summed E-state index contributed by atoms with van der Waals surface area (Å²) in [6, 6.07) is 6.80. The normalized spacial score (nSPS) is 16.8. The third-order valence-electron chi connectivity index (χ3n) is 7.61. The fourth-order valence-corrected chi connectivity index (χ4v) is 9.67. The van der Waals surface area contributed by atoms with Gasteiger partial charge in [-0.1, -0.05) is 0 Å². The minimum absolute atomic E-state index is 0.0598. The second kappa shape index (κ2) is 8.75. The van der Waals surface area contributed by atoms with Gasteiger partial charge in [0.05, 0.1) is 36.3 Å². The number of ketones is 4. The van der Waals surface area contributed by atoms with Crippen molar-refractivity contribution >= 4 is 110 Å². The summed E-state index contributed by atoms with van der Waals surface area (Å²) in [6.45, 7) is 0. The molecule has 12 heteroatoms. The van der Waals surface area contributed by atoms with Crippen LogP contribution in [0.15, 0.2) is 36.4 Å². The lowest BCUT2D eigenvalue weighted by atomic mass is 10.1. The summed E-state index contributed by atoms with van der Waals surface area (Å²) >= 11 is 4.22. The molecule has 5 nitrogen and oxygen atoms in total. The first-order chi connectivity index (χ1) is 20.5. The van der Waals surface area contributed by atoms with Gasteiger partial charge in [0.2, 0.25) is 23.1 Å². The van der Waals surface area contributed by atoms with E-state index in [1.165, 1.54) is 46.2 Å². The lowest BCUT2D eigenvalue weighted by Crippen LogP contribution is -2.07. The molecule has 0 spiro atoms. The molecule has 0 saturated carbocycles. The number of allylic oxidation sites excluding steroid dienone is 2. The molecule has 4 heterocycles. The van der Waals surface area contributed by atoms with Crippen molar-refractivity contribution in [1.29, 1.82) is 0 Å². The molecule has 8 rings (SSSR count). The number of hydrogen-bond donors (Lipinski definition) is 0. The number of carbonyl (C=O) groups is 4. The van der Waals surface area contributed by atoms with E-state index in [1.807, 2.05) is 23.7 Å². The number of nitrogens with zero attached hydrogens (tertiary/aromatic N) is 1. The number of benzene rings is 2. The first kappa shape index (κ1) is 26.1. The second-order valence-corrected chi connectivity index (χ2v) is 13.3. The van der Waals surface area contributed by atoms with E-state index in [4.69, 9.17) is 0 Å². The fraction of sp³-hybridized carbons (Fsp3) is 0.0323. The summed E-state index contributed by atoms with van der Waals surface area (Å²) in [4.78, 5) is 51.3. The Kier molecular flexibility index (Phi) is 5.32. The van der Waals surface area contributed by atoms with Crippen LogP contribution in [0.4, 0.5) is 17.6 Å². The van der Waals surface area contributed by atoms with Gasteiger partial charge in [-0.2, -0.15) is 0 Å². The van der Waals surface area contributed by atoms with Gasteiger partial charge in [-0.05, 0) is 36.4 Å². The van der Waals surface area contributed by atoms with E-state index in [0.717, 1.165) is 42.0 Å². The molecule has 0 amide bonds. The fourth-order valence-electron chi connectivity index (χ4n) is 5.75. The molecule has 0 unspecified atom stereocenters. The number of rotatable bonds is 2. The van der Waals surface area contributed by atoms with Crippen molar-refractivity contribution in [2.75, 3.05) is 0 Å². The number of carbonyl (C=O) groups excluding carboxylic acids is 4. The zero-order valence-corrected chi connectivity index (χ0v) is 23.9. The van der Waals surface area contributed by atoms with Crippen molar-refractivity contribution in [3.8, 4) is 0 Å². The van der Waals surface area contributed by atoms with Crippen LogP contribution in [0, 0.1) is 23.3 Å². The molecule has 0 N–H and O–H groups in total. The number of halogens is 4. The topological polar surface area (TPSA) is 73.2 Å². The van der Waals surface area contributed by atoms with Crippen molar-refractivity contribution in [3.63, 3.8) is 0 Å². The maximum absolute atomic E-state index is 14.3. The molecule has 2 aliphatic carbocycles. The summed E-state index contributed by atoms with van der Waals surface area (Å²) in [5, 5.41) is 0. The highest BCUT2D eigenvalue weighted by molar-refractivity contribution is 7.35. The average Bonchev–Trinajstić information content (AvgIpc) is 3.74. The summed E-state index contributed by atoms with van der Waals surface area (Å²) < 4.78 is 62.0. The highest BCUT2D eigenvalue weighted by Crippen LogP contribution is 2.48. The predicted octanol–water partition coefficient (Wildman–Crippen LogP) is 7.84. The molecular weight excluding hydrogens is 623 g/mol. The van der Waals surface area contributed by atoms with Gasteiger partial charge in [-0.25, -0.2) is 17.6 Å². The molecule has 0 atom stereocenters. The highest BCUT2D eigenvalue weighted by Gasteiger charge is 2.38. The largest absolute Gasteiger partial charge is 0.341 e. The Morgan fingerprint density at radius 1 is 0.605 bits per heavy atom. The number of thiophene rings is 3. The number of aryl methyl sites for hydroxylation is 1. The molecule has 0 bridgehead atoms. The van der Waals surface area contributed by atoms with Crippen molar-refractivity contribution in [3.05, 3.63) is 91.7 Å². The van der Waals surface area contributed by atoms with Crippen molar-refractivity contribution in [1.82, 2.24) is 4.57 Å². The minimum atomic E-state index is -1.07. The Morgan fingerprint density at radius 2 is 1.12 bits per heavy atom. The van der Waals surface area contributed by atoms with Gasteiger partial charge in [0, 0.05) is 55.9 Å². The number of Topliss-reactive ketones (excluding diaryl/α,β-unsaturated/α-hetero) is 4. The van der Waals surface area contributed by atoms with Gasteiger partial charge in [-0.3, -0.25) is 19.2 Å². The number of fused-ring (bicyclic) bond motifs is 7. The van der Waals surface area contributed by atoms with E-state index in [0.29, 0.717) is 21.9 Å². The maximum atomic E-state index is 14.3. The number of aromatic nitrogens is 1. The van der Waals surface area contributed by atoms with Crippen molar-refractivity contribution < 1.29 is 36.7 Å². The van der Waals surface area contributed by atoms with E-state index in [1.54, 1.807) is 0 Å². The molecule has 0 aliphatic heterocycles. The van der Waals surface area contributed by atoms with Crippen LogP contribution < -0.4 is 0 Å². The molecule has 4 aromatic heterocycles. The lowest BCUT2D eigenvalue weighted by Gasteiger charge is -2.00. The second-order valence-electron chi connectivity index (χ2n) is 10.1. The van der Waals surface area contributed by atoms with Crippen LogP contribution in [0.25, 0.3) is 53.1 Å². The molecular formula is C31H11F4NO4S3. The Morgan fingerprint density at radius 3 is 1.67 bits per heavy atom. The van der Waals surface area contributed by atoms with Crippen LogP contribution in [0.3, 0.4) is 0 Å². The third kappa shape index (κ3) is 3.54. The molecule has 0 radical (unpaired) electrons. The van der Waals surface area contributed by atoms with Crippen LogP contribution in [0.1, 0.15) is 41.6 Å². The predicted molar refractivity (Wildman–Crippen MR) is 159 cm³/mol. The lowest BCUT2D eigenvalue weighted by molar-refractivity contribution is -0.110. The Balaban J connectivity index is 1.23. The third-order valence-corrected chi connectivity index (χ3v) is 11.2. The Hall–Kier alpha value is -4.52. The molecule has 2 aliphatic rings. The summed E-state index contributed by atoms with van der Waals surface area (Å²) in [7, 11) is 1.86. The molecule has 43 heavy (non-hydrogen) atoms. The summed E-state index contributed by atoms with van der Waals surface area (Å²) in [5.74, 6) is -7.71. The molecule has 0 saturated heterocycles. The summed E-state index contributed by atoms with van der Waals surface area (Å²) in [5.41, 5.74) is 0.662. The standard InChI is InChI=1S/C31H11F4NO4S3/c1-36-20-8-12(6-16-14-2-10(32)4-18(34)22(14)27(39)25(16)37)41-29(20)31-24(36)30-21(43-31)9-13(42-30)7-17-15-3-11(33)5-19(35)23(15)28(40)26(17)38/h2-9H,1H3/b16-6-,17-7-. The van der Waals surface area contributed by atoms with Gasteiger partial charge in [0.25, 0.3) is 0 Å². The molecule has 2 aromatic carbocycles. The molecule has 210 valence electrons. The van der Waals surface area contributed by atoms with Gasteiger partial charge in [-0.15, -0.1) is 34.0 Å². The number of hydrogen-bond acceptors (Lipinski definition) is 7. The maximum Gasteiger partial charge on any atom is 0.237 e. The molecule has 6 aromatic rings. The van der Waals surface area contributed by atoms with Crippen LogP contribution >= 0.6 is 34.0 Å². The Labute approximate surface area is 249 Å². The van der Waals surface area contributed by atoms with E-state index >= 15 is 0 Å². The van der Waals surface area contributed by atoms with Gasteiger partial charge in [0.15, 0.2) is 0 Å². The minimum Gasteiger partial charge on any atom is -0.341 e. The van der Waals surface area contributed by atoms with Crippen molar-refractivity contribution in [2.24, 2.45) is 7.05 Å². The van der Waals surface area contributed by atoms with Gasteiger partial charge < -0.3 is 4.57 Å². The SMILES string of the molecule is Cn1c2cc(/C=C3\C(=O)C(=O)c4c(F)cc(F)cc43)sc2c2sc3cc(/C=C4\C(=O)C(=O)c5c(F)cc(F)cc54)sc3c21. The van der Waals surface area contributed by atoms with Gasteiger partial charge >= 0.3 is 0 Å². The first-order valence-corrected chi connectivity index (χ1v) is 15.0. The zero-order chi connectivity index (χ0) is 30.1. The zero-order valence-electron chi connectivity index (χ0n) is 21.4. The van der Waals surface area contributed by atoms with Crippen LogP contribution in [0.5, 0.6) is 0 Å². The molecule has 0 fully saturated rings. The first-order valence-electron chi connectivity index (χ1n) is 12.6. The van der Waals surface area contributed by atoms with Crippen molar-refractivity contribution in [2.45, 2.75) is 0 Å². The van der Waals surface area contributed by atoms with Crippen LogP contribution in [-0.2, 0) is 16.6 Å². The van der Waals surface area contributed by atoms with E-state index < -0.39 is 57.5 Å². The van der Waals surface area contributed by atoms with Crippen LogP contribution in [0.2, 0.25) is 0 Å². The monoisotopic (exact) mass is 633 g/mol. The van der Waals surface area contributed by atoms with Crippen LogP contribution in [-0.4, -0.2) is 27.7 Å².